The molecule has 120 valence electrons. The van der Waals surface area contributed by atoms with E-state index in [0.717, 1.165) is 10.0 Å². The lowest BCUT2D eigenvalue weighted by atomic mass is 10.2. The number of amides is 1. The maximum atomic E-state index is 11.5. The third-order valence-electron chi connectivity index (χ3n) is 3.30. The van der Waals surface area contributed by atoms with Crippen molar-refractivity contribution in [3.63, 3.8) is 0 Å². The summed E-state index contributed by atoms with van der Waals surface area (Å²) in [6.07, 6.45) is 0. The van der Waals surface area contributed by atoms with Crippen LogP contribution in [0.1, 0.15) is 15.9 Å². The van der Waals surface area contributed by atoms with Gasteiger partial charge in [0.15, 0.2) is 11.5 Å². The Bertz CT molecular complexity index is 766. The first-order valence-corrected chi connectivity index (χ1v) is 8.02. The van der Waals surface area contributed by atoms with E-state index >= 15 is 0 Å². The Kier molecular flexibility index (Phi) is 4.63. The average Bonchev–Trinajstić information content (AvgIpc) is 2.53. The first-order valence-electron chi connectivity index (χ1n) is 6.85. The van der Waals surface area contributed by atoms with Crippen LogP contribution in [-0.4, -0.2) is 19.1 Å². The molecule has 1 aliphatic heterocycles. The highest BCUT2D eigenvalue weighted by atomic mass is 79.9. The van der Waals surface area contributed by atoms with E-state index in [0.29, 0.717) is 35.5 Å². The fraction of sp³-hybridized carbons (Fsp3) is 0.188. The van der Waals surface area contributed by atoms with E-state index in [9.17, 15) is 4.79 Å². The van der Waals surface area contributed by atoms with Crippen LogP contribution in [0.4, 0.5) is 0 Å². The predicted octanol–water partition coefficient (Wildman–Crippen LogP) is 3.55. The van der Waals surface area contributed by atoms with Gasteiger partial charge in [-0.05, 0) is 30.3 Å². The lowest BCUT2D eigenvalue weighted by Crippen LogP contribution is -2.16. The van der Waals surface area contributed by atoms with Gasteiger partial charge < -0.3 is 19.9 Å². The molecule has 1 heterocycles. The molecule has 0 atom stereocenters. The van der Waals surface area contributed by atoms with E-state index in [1.165, 1.54) is 6.07 Å². The first-order chi connectivity index (χ1) is 11.0. The van der Waals surface area contributed by atoms with Crippen molar-refractivity contribution in [1.82, 2.24) is 0 Å². The molecule has 3 rings (SSSR count). The topological polar surface area (TPSA) is 70.8 Å². The van der Waals surface area contributed by atoms with Gasteiger partial charge in [-0.2, -0.15) is 0 Å². The third-order valence-corrected chi connectivity index (χ3v) is 4.27. The van der Waals surface area contributed by atoms with Crippen LogP contribution in [0.3, 0.4) is 0 Å². The summed E-state index contributed by atoms with van der Waals surface area (Å²) < 4.78 is 17.6. The van der Waals surface area contributed by atoms with Gasteiger partial charge in [0.05, 0.1) is 5.56 Å². The number of carbonyl (C=O) groups excluding carboxylic acids is 1. The molecule has 0 aliphatic carbocycles. The predicted molar refractivity (Wildman–Crippen MR) is 89.4 cm³/mol. The van der Waals surface area contributed by atoms with Crippen LogP contribution in [0.5, 0.6) is 17.2 Å². The molecule has 0 saturated carbocycles. The van der Waals surface area contributed by atoms with Crippen LogP contribution in [0, 0.1) is 0 Å². The molecule has 0 radical (unpaired) electrons. The summed E-state index contributed by atoms with van der Waals surface area (Å²) in [5.74, 6) is 1.15. The van der Waals surface area contributed by atoms with E-state index in [-0.39, 0.29) is 12.2 Å². The molecule has 1 amide bonds. The van der Waals surface area contributed by atoms with Gasteiger partial charge in [-0.25, -0.2) is 0 Å². The van der Waals surface area contributed by atoms with Gasteiger partial charge in [-0.15, -0.1) is 0 Å². The Morgan fingerprint density at radius 1 is 1.22 bits per heavy atom. The molecule has 0 unspecified atom stereocenters. The zero-order valence-corrected chi connectivity index (χ0v) is 14.3. The lowest BCUT2D eigenvalue weighted by molar-refractivity contribution is 0.0996. The van der Waals surface area contributed by atoms with Crippen molar-refractivity contribution >= 4 is 33.4 Å². The SMILES string of the molecule is NC(=O)c1cc(Cl)ccc1OCc1cc2c(cc1Br)OCCO2. The Labute approximate surface area is 146 Å². The smallest absolute Gasteiger partial charge is 0.252 e. The molecule has 2 aromatic carbocycles. The van der Waals surface area contributed by atoms with Gasteiger partial charge in [-0.1, -0.05) is 27.5 Å². The number of rotatable bonds is 4. The van der Waals surface area contributed by atoms with Gasteiger partial charge in [0.25, 0.3) is 5.91 Å². The number of ether oxygens (including phenoxy) is 3. The van der Waals surface area contributed by atoms with Crippen LogP contribution >= 0.6 is 27.5 Å². The number of halogens is 2. The van der Waals surface area contributed by atoms with Crippen molar-refractivity contribution in [3.05, 3.63) is 51.0 Å². The lowest BCUT2D eigenvalue weighted by Gasteiger charge is -2.20. The zero-order valence-electron chi connectivity index (χ0n) is 12.0. The molecule has 0 bridgehead atoms. The standard InChI is InChI=1S/C16H13BrClNO4/c17-12-7-15-14(21-3-4-22-15)5-9(12)8-23-13-2-1-10(18)6-11(13)16(19)20/h1-2,5-7H,3-4,8H2,(H2,19,20). The van der Waals surface area contributed by atoms with Gasteiger partial charge in [0, 0.05) is 15.1 Å². The van der Waals surface area contributed by atoms with Crippen molar-refractivity contribution in [1.29, 1.82) is 0 Å². The Morgan fingerprint density at radius 2 is 1.91 bits per heavy atom. The van der Waals surface area contributed by atoms with E-state index in [4.69, 9.17) is 31.5 Å². The molecule has 2 N–H and O–H groups in total. The Morgan fingerprint density at radius 3 is 2.61 bits per heavy atom. The van der Waals surface area contributed by atoms with Crippen molar-refractivity contribution in [2.24, 2.45) is 5.73 Å². The summed E-state index contributed by atoms with van der Waals surface area (Å²) in [5.41, 5.74) is 6.45. The molecule has 2 aromatic rings. The summed E-state index contributed by atoms with van der Waals surface area (Å²) >= 11 is 9.36. The van der Waals surface area contributed by atoms with E-state index in [1.807, 2.05) is 12.1 Å². The highest BCUT2D eigenvalue weighted by Gasteiger charge is 2.16. The van der Waals surface area contributed by atoms with Crippen LogP contribution in [0.15, 0.2) is 34.8 Å². The average molecular weight is 399 g/mol. The highest BCUT2D eigenvalue weighted by molar-refractivity contribution is 9.10. The minimum Gasteiger partial charge on any atom is -0.488 e. The second-order valence-corrected chi connectivity index (χ2v) is 6.17. The molecule has 0 fully saturated rings. The van der Waals surface area contributed by atoms with Crippen molar-refractivity contribution in [2.45, 2.75) is 6.61 Å². The number of nitrogens with two attached hydrogens (primary N) is 1. The fourth-order valence-electron chi connectivity index (χ4n) is 2.19. The molecule has 23 heavy (non-hydrogen) atoms. The molecule has 7 heteroatoms. The van der Waals surface area contributed by atoms with E-state index < -0.39 is 5.91 Å². The quantitative estimate of drug-likeness (QED) is 0.855. The summed E-state index contributed by atoms with van der Waals surface area (Å²) in [4.78, 5) is 11.5. The Hall–Kier alpha value is -1.92. The van der Waals surface area contributed by atoms with Crippen molar-refractivity contribution < 1.29 is 19.0 Å². The number of hydrogen-bond donors (Lipinski definition) is 1. The Balaban J connectivity index is 1.82. The summed E-state index contributed by atoms with van der Waals surface area (Å²) in [5, 5.41) is 0.423. The zero-order chi connectivity index (χ0) is 16.4. The maximum Gasteiger partial charge on any atom is 0.252 e. The number of hydrogen-bond acceptors (Lipinski definition) is 4. The normalized spacial score (nSPS) is 12.8. The number of fused-ring (bicyclic) bond motifs is 1. The minimum atomic E-state index is -0.594. The highest BCUT2D eigenvalue weighted by Crippen LogP contribution is 2.36. The van der Waals surface area contributed by atoms with Crippen molar-refractivity contribution in [3.8, 4) is 17.2 Å². The molecule has 0 saturated heterocycles. The maximum absolute atomic E-state index is 11.5. The molecule has 0 aromatic heterocycles. The number of benzene rings is 2. The third kappa shape index (κ3) is 3.54. The molecule has 5 nitrogen and oxygen atoms in total. The molecule has 1 aliphatic rings. The van der Waals surface area contributed by atoms with Crippen molar-refractivity contribution in [2.75, 3.05) is 13.2 Å². The van der Waals surface area contributed by atoms with Gasteiger partial charge in [0.2, 0.25) is 0 Å². The number of carbonyl (C=O) groups is 1. The molecule has 0 spiro atoms. The monoisotopic (exact) mass is 397 g/mol. The van der Waals surface area contributed by atoms with Gasteiger partial charge in [0.1, 0.15) is 25.6 Å². The fourth-order valence-corrected chi connectivity index (χ4v) is 2.80. The molecular formula is C16H13BrClNO4. The second-order valence-electron chi connectivity index (χ2n) is 4.88. The second kappa shape index (κ2) is 6.68. The summed E-state index contributed by atoms with van der Waals surface area (Å²) in [7, 11) is 0. The van der Waals surface area contributed by atoms with Crippen LogP contribution in [0.2, 0.25) is 5.02 Å². The van der Waals surface area contributed by atoms with E-state index in [1.54, 1.807) is 12.1 Å². The first kappa shape index (κ1) is 16.0. The van der Waals surface area contributed by atoms with E-state index in [2.05, 4.69) is 15.9 Å². The van der Waals surface area contributed by atoms with Gasteiger partial charge >= 0.3 is 0 Å². The summed E-state index contributed by atoms with van der Waals surface area (Å²) in [6, 6.07) is 8.43. The van der Waals surface area contributed by atoms with Crippen LogP contribution < -0.4 is 19.9 Å². The largest absolute Gasteiger partial charge is 0.488 e. The van der Waals surface area contributed by atoms with Crippen LogP contribution in [0.25, 0.3) is 0 Å². The molecular weight excluding hydrogens is 386 g/mol. The van der Waals surface area contributed by atoms with Crippen LogP contribution in [-0.2, 0) is 6.61 Å². The number of primary amides is 1. The summed E-state index contributed by atoms with van der Waals surface area (Å²) in [6.45, 7) is 1.28. The van der Waals surface area contributed by atoms with Gasteiger partial charge in [-0.3, -0.25) is 4.79 Å². The minimum absolute atomic E-state index is 0.235.